The van der Waals surface area contributed by atoms with Crippen LogP contribution in [-0.2, 0) is 6.42 Å². The van der Waals surface area contributed by atoms with E-state index in [9.17, 15) is 18.0 Å². The number of methoxy groups -OCH3 is 1. The van der Waals surface area contributed by atoms with Gasteiger partial charge in [-0.3, -0.25) is 4.79 Å². The van der Waals surface area contributed by atoms with Gasteiger partial charge < -0.3 is 14.5 Å². The predicted octanol–water partition coefficient (Wildman–Crippen LogP) is 5.15. The first-order valence-electron chi connectivity index (χ1n) is 7.49. The number of fused-ring (bicyclic) bond motifs is 1. The van der Waals surface area contributed by atoms with Crippen LogP contribution in [0.4, 0.5) is 13.2 Å². The highest BCUT2D eigenvalue weighted by Gasteiger charge is 2.31. The number of hydrogen-bond donors (Lipinski definition) is 1. The van der Waals surface area contributed by atoms with Crippen molar-refractivity contribution in [2.45, 2.75) is 12.8 Å². The second-order valence-corrected chi connectivity index (χ2v) is 5.95. The number of ketones is 1. The van der Waals surface area contributed by atoms with Crippen molar-refractivity contribution in [3.63, 3.8) is 0 Å². The molecule has 1 aromatic heterocycles. The van der Waals surface area contributed by atoms with Gasteiger partial charge in [0.2, 0.25) is 0 Å². The summed E-state index contributed by atoms with van der Waals surface area (Å²) in [6.45, 7) is 0. The van der Waals surface area contributed by atoms with Crippen molar-refractivity contribution in [3.8, 4) is 11.5 Å². The van der Waals surface area contributed by atoms with Crippen molar-refractivity contribution < 1.29 is 27.4 Å². The molecule has 0 radical (unpaired) electrons. The summed E-state index contributed by atoms with van der Waals surface area (Å²) < 4.78 is 46.4. The number of carbonyl (C=O) groups is 1. The van der Waals surface area contributed by atoms with Crippen molar-refractivity contribution in [2.24, 2.45) is 0 Å². The number of halogens is 4. The topological polar surface area (TPSA) is 51.3 Å². The molecule has 0 spiro atoms. The Bertz CT molecular complexity index is 966. The van der Waals surface area contributed by atoms with E-state index in [0.29, 0.717) is 27.2 Å². The van der Waals surface area contributed by atoms with Crippen LogP contribution in [0.5, 0.6) is 11.5 Å². The number of H-pyrrole nitrogens is 1. The molecule has 0 fully saturated rings. The molecule has 0 saturated carbocycles. The molecular weight excluding hydrogens is 371 g/mol. The number of nitrogens with one attached hydrogen (secondary N) is 1. The van der Waals surface area contributed by atoms with Gasteiger partial charge in [-0.15, -0.1) is 13.2 Å². The number of hydrogen-bond acceptors (Lipinski definition) is 3. The average Bonchev–Trinajstić information content (AvgIpc) is 2.98. The zero-order valence-electron chi connectivity index (χ0n) is 13.5. The lowest BCUT2D eigenvalue weighted by atomic mass is 10.0. The average molecular weight is 384 g/mol. The summed E-state index contributed by atoms with van der Waals surface area (Å²) in [5.74, 6) is -0.199. The molecular formula is C18H13ClF3NO3. The Kier molecular flexibility index (Phi) is 4.82. The molecule has 0 aliphatic heterocycles. The summed E-state index contributed by atoms with van der Waals surface area (Å²) >= 11 is 5.90. The summed E-state index contributed by atoms with van der Waals surface area (Å²) in [6, 6.07) is 8.70. The zero-order chi connectivity index (χ0) is 18.9. The summed E-state index contributed by atoms with van der Waals surface area (Å²) in [6.07, 6.45) is -3.32. The Hall–Kier alpha value is -2.67. The molecule has 0 amide bonds. The maximum absolute atomic E-state index is 12.7. The summed E-state index contributed by atoms with van der Waals surface area (Å²) in [7, 11) is 1.46. The van der Waals surface area contributed by atoms with Gasteiger partial charge >= 0.3 is 6.36 Å². The standard InChI is InChI=1S/C18H13ClF3NO3/c1-25-17-7-11(19)3-2-10(17)6-16(24)14-9-23-15-5-4-12(8-13(14)15)26-18(20,21)22/h2-5,7-9,23H,6H2,1H3. The van der Waals surface area contributed by atoms with Crippen LogP contribution in [-0.4, -0.2) is 24.2 Å². The van der Waals surface area contributed by atoms with Crippen LogP contribution in [0.2, 0.25) is 5.02 Å². The number of aromatic amines is 1. The highest BCUT2D eigenvalue weighted by molar-refractivity contribution is 6.30. The predicted molar refractivity (Wildman–Crippen MR) is 91.0 cm³/mol. The quantitative estimate of drug-likeness (QED) is 0.619. The maximum Gasteiger partial charge on any atom is 0.573 e. The minimum Gasteiger partial charge on any atom is -0.496 e. The number of Topliss-reactive ketones (excluding diaryl/α,β-unsaturated/α-hetero) is 1. The third kappa shape index (κ3) is 3.94. The van der Waals surface area contributed by atoms with Crippen molar-refractivity contribution in [3.05, 3.63) is 58.7 Å². The summed E-state index contributed by atoms with van der Waals surface area (Å²) in [5.41, 5.74) is 1.43. The second kappa shape index (κ2) is 6.92. The Balaban J connectivity index is 1.92. The number of ether oxygens (including phenoxy) is 2. The molecule has 0 aliphatic rings. The lowest BCUT2D eigenvalue weighted by molar-refractivity contribution is -0.274. The van der Waals surface area contributed by atoms with E-state index in [0.717, 1.165) is 0 Å². The molecule has 0 unspecified atom stereocenters. The minimum atomic E-state index is -4.80. The van der Waals surface area contributed by atoms with Gasteiger partial charge in [-0.25, -0.2) is 0 Å². The molecule has 3 aromatic rings. The monoisotopic (exact) mass is 383 g/mol. The summed E-state index contributed by atoms with van der Waals surface area (Å²) in [5, 5.41) is 0.823. The van der Waals surface area contributed by atoms with Crippen LogP contribution in [0.25, 0.3) is 10.9 Å². The van der Waals surface area contributed by atoms with Crippen molar-refractivity contribution in [2.75, 3.05) is 7.11 Å². The van der Waals surface area contributed by atoms with E-state index in [1.54, 1.807) is 18.2 Å². The zero-order valence-corrected chi connectivity index (χ0v) is 14.2. The number of aromatic nitrogens is 1. The number of benzene rings is 2. The van der Waals surface area contributed by atoms with Crippen molar-refractivity contribution >= 4 is 28.3 Å². The molecule has 0 aliphatic carbocycles. The van der Waals surface area contributed by atoms with Crippen molar-refractivity contribution in [1.82, 2.24) is 4.98 Å². The fraction of sp³-hybridized carbons (Fsp3) is 0.167. The normalized spacial score (nSPS) is 11.6. The third-order valence-corrected chi connectivity index (χ3v) is 4.02. The first kappa shape index (κ1) is 18.1. The highest BCUT2D eigenvalue weighted by Crippen LogP contribution is 2.30. The molecule has 1 heterocycles. The van der Waals surface area contributed by atoms with Crippen LogP contribution in [0, 0.1) is 0 Å². The first-order chi connectivity index (χ1) is 12.3. The Morgan fingerprint density at radius 2 is 1.96 bits per heavy atom. The lowest BCUT2D eigenvalue weighted by Gasteiger charge is -2.09. The number of alkyl halides is 3. The molecule has 3 rings (SSSR count). The fourth-order valence-corrected chi connectivity index (χ4v) is 2.82. The molecule has 4 nitrogen and oxygen atoms in total. The van der Waals surface area contributed by atoms with Crippen LogP contribution in [0.1, 0.15) is 15.9 Å². The molecule has 26 heavy (non-hydrogen) atoms. The fourth-order valence-electron chi connectivity index (χ4n) is 2.66. The van der Waals surface area contributed by atoms with E-state index < -0.39 is 6.36 Å². The van der Waals surface area contributed by atoms with Crippen LogP contribution in [0.15, 0.2) is 42.6 Å². The van der Waals surface area contributed by atoms with E-state index in [2.05, 4.69) is 9.72 Å². The van der Waals surface area contributed by atoms with Gasteiger partial charge in [-0.2, -0.15) is 0 Å². The molecule has 0 saturated heterocycles. The van der Waals surface area contributed by atoms with E-state index in [1.807, 2.05) is 0 Å². The molecule has 8 heteroatoms. The largest absolute Gasteiger partial charge is 0.573 e. The van der Waals surface area contributed by atoms with Gasteiger partial charge in [-0.05, 0) is 30.3 Å². The van der Waals surface area contributed by atoms with Crippen molar-refractivity contribution in [1.29, 1.82) is 0 Å². The van der Waals surface area contributed by atoms with Crippen LogP contribution in [0.3, 0.4) is 0 Å². The Morgan fingerprint density at radius 3 is 2.65 bits per heavy atom. The molecule has 1 N–H and O–H groups in total. The first-order valence-corrected chi connectivity index (χ1v) is 7.87. The maximum atomic E-state index is 12.7. The van der Waals surface area contributed by atoms with E-state index in [4.69, 9.17) is 16.3 Å². The second-order valence-electron chi connectivity index (χ2n) is 5.51. The third-order valence-electron chi connectivity index (χ3n) is 3.79. The minimum absolute atomic E-state index is 0.0116. The molecule has 0 atom stereocenters. The number of carbonyl (C=O) groups excluding carboxylic acids is 1. The van der Waals surface area contributed by atoms with Gasteiger partial charge in [0.05, 0.1) is 7.11 Å². The van der Waals surface area contributed by atoms with Gasteiger partial charge in [0.25, 0.3) is 0 Å². The van der Waals surface area contributed by atoms with E-state index in [-0.39, 0.29) is 23.5 Å². The van der Waals surface area contributed by atoms with E-state index in [1.165, 1.54) is 31.5 Å². The SMILES string of the molecule is COc1cc(Cl)ccc1CC(=O)c1c[nH]c2ccc(OC(F)(F)F)cc12. The number of rotatable bonds is 5. The Labute approximate surface area is 151 Å². The Morgan fingerprint density at radius 1 is 1.19 bits per heavy atom. The smallest absolute Gasteiger partial charge is 0.496 e. The van der Waals surface area contributed by atoms with E-state index >= 15 is 0 Å². The highest BCUT2D eigenvalue weighted by atomic mass is 35.5. The molecule has 136 valence electrons. The van der Waals surface area contributed by atoms with Gasteiger partial charge in [0.1, 0.15) is 11.5 Å². The molecule has 2 aromatic carbocycles. The van der Waals surface area contributed by atoms with Gasteiger partial charge in [0.15, 0.2) is 5.78 Å². The van der Waals surface area contributed by atoms with Gasteiger partial charge in [0, 0.05) is 39.7 Å². The van der Waals surface area contributed by atoms with Gasteiger partial charge in [-0.1, -0.05) is 17.7 Å². The molecule has 0 bridgehead atoms. The lowest BCUT2D eigenvalue weighted by Crippen LogP contribution is -2.17. The summed E-state index contributed by atoms with van der Waals surface area (Å²) in [4.78, 5) is 15.5. The van der Waals surface area contributed by atoms with Crippen LogP contribution < -0.4 is 9.47 Å². The van der Waals surface area contributed by atoms with Crippen LogP contribution >= 0.6 is 11.6 Å².